The SMILES string of the molecule is C[C@H]1CN(S(=O)(=O)c2ccc(C(F)(F)F)cc2)CCN1C(=O)c1cc(Cl)ccn1. The summed E-state index contributed by atoms with van der Waals surface area (Å²) < 4.78 is 64.8. The van der Waals surface area contributed by atoms with Crippen molar-refractivity contribution in [3.05, 3.63) is 58.9 Å². The molecule has 1 aromatic carbocycles. The first-order chi connectivity index (χ1) is 13.5. The van der Waals surface area contributed by atoms with Gasteiger partial charge in [-0.05, 0) is 43.3 Å². The Morgan fingerprint density at radius 2 is 1.83 bits per heavy atom. The molecule has 29 heavy (non-hydrogen) atoms. The van der Waals surface area contributed by atoms with Crippen LogP contribution in [0.4, 0.5) is 13.2 Å². The molecule has 2 aromatic rings. The average molecular weight is 448 g/mol. The van der Waals surface area contributed by atoms with Crippen LogP contribution in [0.1, 0.15) is 23.0 Å². The van der Waals surface area contributed by atoms with Crippen LogP contribution in [-0.4, -0.2) is 54.2 Å². The fraction of sp³-hybridized carbons (Fsp3) is 0.333. The number of aromatic nitrogens is 1. The van der Waals surface area contributed by atoms with Gasteiger partial charge in [0, 0.05) is 36.9 Å². The number of benzene rings is 1. The second kappa shape index (κ2) is 7.92. The summed E-state index contributed by atoms with van der Waals surface area (Å²) in [5, 5.41) is 0.361. The Morgan fingerprint density at radius 3 is 2.38 bits per heavy atom. The first-order valence-corrected chi connectivity index (χ1v) is 10.4. The molecule has 1 amide bonds. The van der Waals surface area contributed by atoms with Crippen LogP contribution in [0.15, 0.2) is 47.5 Å². The van der Waals surface area contributed by atoms with Gasteiger partial charge < -0.3 is 4.90 Å². The van der Waals surface area contributed by atoms with Gasteiger partial charge in [-0.2, -0.15) is 17.5 Å². The Bertz CT molecular complexity index is 1010. The number of halogens is 4. The number of sulfonamides is 1. The minimum atomic E-state index is -4.54. The summed E-state index contributed by atoms with van der Waals surface area (Å²) in [6.07, 6.45) is -3.14. The van der Waals surface area contributed by atoms with Crippen LogP contribution in [0.25, 0.3) is 0 Å². The number of hydrogen-bond acceptors (Lipinski definition) is 4. The van der Waals surface area contributed by atoms with Gasteiger partial charge >= 0.3 is 6.18 Å². The van der Waals surface area contributed by atoms with Crippen LogP contribution >= 0.6 is 11.6 Å². The largest absolute Gasteiger partial charge is 0.416 e. The zero-order chi connectivity index (χ0) is 21.4. The minimum Gasteiger partial charge on any atom is -0.332 e. The smallest absolute Gasteiger partial charge is 0.332 e. The highest BCUT2D eigenvalue weighted by atomic mass is 35.5. The maximum Gasteiger partial charge on any atom is 0.416 e. The number of alkyl halides is 3. The first-order valence-electron chi connectivity index (χ1n) is 8.60. The van der Waals surface area contributed by atoms with Gasteiger partial charge in [0.15, 0.2) is 0 Å². The highest BCUT2D eigenvalue weighted by Gasteiger charge is 2.36. The Kier molecular flexibility index (Phi) is 5.88. The van der Waals surface area contributed by atoms with Crippen molar-refractivity contribution in [3.63, 3.8) is 0 Å². The summed E-state index contributed by atoms with van der Waals surface area (Å²) in [6.45, 7) is 1.83. The van der Waals surface area contributed by atoms with Crippen molar-refractivity contribution < 1.29 is 26.4 Å². The Labute approximate surface area is 170 Å². The molecule has 1 aliphatic rings. The van der Waals surface area contributed by atoms with E-state index in [4.69, 9.17) is 11.6 Å². The van der Waals surface area contributed by atoms with Crippen LogP contribution in [-0.2, 0) is 16.2 Å². The number of amides is 1. The van der Waals surface area contributed by atoms with Gasteiger partial charge in [0.1, 0.15) is 5.69 Å². The fourth-order valence-corrected chi connectivity index (χ4v) is 4.75. The molecule has 0 bridgehead atoms. The van der Waals surface area contributed by atoms with Gasteiger partial charge in [0.25, 0.3) is 5.91 Å². The van der Waals surface area contributed by atoms with E-state index in [9.17, 15) is 26.4 Å². The lowest BCUT2D eigenvalue weighted by molar-refractivity contribution is -0.137. The third kappa shape index (κ3) is 4.54. The van der Waals surface area contributed by atoms with E-state index in [1.54, 1.807) is 6.92 Å². The van der Waals surface area contributed by atoms with Crippen LogP contribution in [0.2, 0.25) is 5.02 Å². The van der Waals surface area contributed by atoms with E-state index in [1.807, 2.05) is 0 Å². The predicted octanol–water partition coefficient (Wildman–Crippen LogP) is 3.29. The van der Waals surface area contributed by atoms with Crippen LogP contribution < -0.4 is 0 Å². The molecule has 6 nitrogen and oxygen atoms in total. The third-order valence-corrected chi connectivity index (χ3v) is 6.73. The zero-order valence-electron chi connectivity index (χ0n) is 15.2. The lowest BCUT2D eigenvalue weighted by Gasteiger charge is -2.39. The molecule has 0 N–H and O–H groups in total. The van der Waals surface area contributed by atoms with E-state index in [2.05, 4.69) is 4.98 Å². The summed E-state index contributed by atoms with van der Waals surface area (Å²) in [4.78, 5) is 17.9. The summed E-state index contributed by atoms with van der Waals surface area (Å²) in [6, 6.07) is 5.87. The number of rotatable bonds is 3. The van der Waals surface area contributed by atoms with Crippen molar-refractivity contribution in [1.82, 2.24) is 14.2 Å². The number of hydrogen-bond donors (Lipinski definition) is 0. The maximum absolute atomic E-state index is 12.8. The minimum absolute atomic E-state index is 0.00958. The van der Waals surface area contributed by atoms with E-state index in [0.29, 0.717) is 5.02 Å². The standard InChI is InChI=1S/C18H17ClF3N3O3S/c1-12-11-24(8-9-25(12)17(26)16-10-14(19)6-7-23-16)29(27,28)15-4-2-13(3-5-15)18(20,21)22/h2-7,10,12H,8-9,11H2,1H3/t12-/m0/s1. The number of piperazine rings is 1. The summed E-state index contributed by atoms with van der Waals surface area (Å²) in [5.74, 6) is -0.369. The van der Waals surface area contributed by atoms with Crippen molar-refractivity contribution in [3.8, 4) is 0 Å². The molecule has 0 unspecified atom stereocenters. The molecule has 0 saturated carbocycles. The van der Waals surface area contributed by atoms with Gasteiger partial charge in [-0.3, -0.25) is 9.78 Å². The number of nitrogens with zero attached hydrogens (tertiary/aromatic N) is 3. The molecule has 0 radical (unpaired) electrons. The highest BCUT2D eigenvalue weighted by Crippen LogP contribution is 2.30. The second-order valence-electron chi connectivity index (χ2n) is 6.59. The highest BCUT2D eigenvalue weighted by molar-refractivity contribution is 7.89. The topological polar surface area (TPSA) is 70.6 Å². The van der Waals surface area contributed by atoms with Crippen molar-refractivity contribution in [2.24, 2.45) is 0 Å². The molecule has 1 aliphatic heterocycles. The lowest BCUT2D eigenvalue weighted by Crippen LogP contribution is -2.55. The van der Waals surface area contributed by atoms with Crippen molar-refractivity contribution in [2.75, 3.05) is 19.6 Å². The number of carbonyl (C=O) groups excluding carboxylic acids is 1. The molecule has 1 saturated heterocycles. The molecule has 1 aromatic heterocycles. The molecular formula is C18H17ClF3N3O3S. The van der Waals surface area contributed by atoms with E-state index in [1.165, 1.54) is 23.2 Å². The Morgan fingerprint density at radius 1 is 1.17 bits per heavy atom. The fourth-order valence-electron chi connectivity index (χ4n) is 3.08. The van der Waals surface area contributed by atoms with Crippen molar-refractivity contribution in [1.29, 1.82) is 0 Å². The molecule has 0 aliphatic carbocycles. The van der Waals surface area contributed by atoms with E-state index in [0.717, 1.165) is 28.6 Å². The lowest BCUT2D eigenvalue weighted by atomic mass is 10.2. The van der Waals surface area contributed by atoms with E-state index >= 15 is 0 Å². The first kappa shape index (κ1) is 21.5. The summed E-state index contributed by atoms with van der Waals surface area (Å²) in [7, 11) is -3.99. The van der Waals surface area contributed by atoms with Gasteiger partial charge in [-0.1, -0.05) is 11.6 Å². The number of carbonyl (C=O) groups is 1. The quantitative estimate of drug-likeness (QED) is 0.724. The summed E-state index contributed by atoms with van der Waals surface area (Å²) >= 11 is 5.89. The van der Waals surface area contributed by atoms with Crippen LogP contribution in [0.3, 0.4) is 0 Å². The molecule has 2 heterocycles. The zero-order valence-corrected chi connectivity index (χ0v) is 16.8. The molecular weight excluding hydrogens is 431 g/mol. The van der Waals surface area contributed by atoms with Gasteiger partial charge in [0.2, 0.25) is 10.0 Å². The Balaban J connectivity index is 1.75. The maximum atomic E-state index is 12.8. The molecule has 3 rings (SSSR count). The monoisotopic (exact) mass is 447 g/mol. The van der Waals surface area contributed by atoms with Crippen LogP contribution in [0, 0.1) is 0 Å². The Hall–Kier alpha value is -2.17. The van der Waals surface area contributed by atoms with E-state index < -0.39 is 27.8 Å². The van der Waals surface area contributed by atoms with E-state index in [-0.39, 0.29) is 36.1 Å². The van der Waals surface area contributed by atoms with Gasteiger partial charge in [0.05, 0.1) is 10.5 Å². The molecule has 11 heteroatoms. The predicted molar refractivity (Wildman–Crippen MR) is 99.9 cm³/mol. The molecule has 1 atom stereocenters. The average Bonchev–Trinajstić information content (AvgIpc) is 2.67. The third-order valence-electron chi connectivity index (χ3n) is 4.61. The van der Waals surface area contributed by atoms with Crippen molar-refractivity contribution >= 4 is 27.5 Å². The van der Waals surface area contributed by atoms with Gasteiger partial charge in [-0.15, -0.1) is 0 Å². The van der Waals surface area contributed by atoms with Crippen LogP contribution in [0.5, 0.6) is 0 Å². The molecule has 1 fully saturated rings. The molecule has 156 valence electrons. The van der Waals surface area contributed by atoms with Crippen molar-refractivity contribution in [2.45, 2.75) is 24.0 Å². The summed E-state index contributed by atoms with van der Waals surface area (Å²) in [5.41, 5.74) is -0.766. The second-order valence-corrected chi connectivity index (χ2v) is 8.97. The normalized spacial score (nSPS) is 18.7. The molecule has 0 spiro atoms. The van der Waals surface area contributed by atoms with Gasteiger partial charge in [-0.25, -0.2) is 8.42 Å². The number of pyridine rings is 1.